The molecule has 0 radical (unpaired) electrons. The van der Waals surface area contributed by atoms with Crippen molar-refractivity contribution in [3.8, 4) is 0 Å². The molecular formula is C27H27BrN2O2. The van der Waals surface area contributed by atoms with Gasteiger partial charge in [-0.3, -0.25) is 9.59 Å². The summed E-state index contributed by atoms with van der Waals surface area (Å²) in [5, 5.41) is 0. The highest BCUT2D eigenvalue weighted by Crippen LogP contribution is 2.24. The fourth-order valence-electron chi connectivity index (χ4n) is 4.18. The topological polar surface area (TPSA) is 40.6 Å². The Bertz CT molecular complexity index is 1060. The summed E-state index contributed by atoms with van der Waals surface area (Å²) in [5.74, 6) is -0.185. The highest BCUT2D eigenvalue weighted by molar-refractivity contribution is 9.10. The number of carbonyl (C=O) groups excluding carboxylic acids is 2. The first kappa shape index (κ1) is 22.3. The lowest BCUT2D eigenvalue weighted by Crippen LogP contribution is -2.38. The molecule has 1 aliphatic rings. The number of carbonyl (C=O) groups is 2. The van der Waals surface area contributed by atoms with Gasteiger partial charge >= 0.3 is 0 Å². The van der Waals surface area contributed by atoms with E-state index in [2.05, 4.69) is 28.1 Å². The first-order chi connectivity index (χ1) is 15.6. The number of rotatable bonds is 8. The third kappa shape index (κ3) is 5.86. The molecule has 4 nitrogen and oxygen atoms in total. The van der Waals surface area contributed by atoms with Gasteiger partial charge < -0.3 is 9.80 Å². The number of nitrogens with zero attached hydrogens (tertiary/aromatic N) is 2. The average molecular weight is 491 g/mol. The lowest BCUT2D eigenvalue weighted by atomic mass is 10.1. The Kier molecular flexibility index (Phi) is 7.38. The van der Waals surface area contributed by atoms with E-state index in [9.17, 15) is 9.59 Å². The zero-order chi connectivity index (χ0) is 22.3. The van der Waals surface area contributed by atoms with E-state index in [1.807, 2.05) is 82.6 Å². The first-order valence-corrected chi connectivity index (χ1v) is 11.8. The molecule has 1 saturated heterocycles. The van der Waals surface area contributed by atoms with Gasteiger partial charge in [0.25, 0.3) is 0 Å². The van der Waals surface area contributed by atoms with Crippen LogP contribution in [0.15, 0.2) is 89.4 Å². The SMILES string of the molecule is O=C1CC(C(=O)N(CCc2ccccc2)Cc2ccccc2)CN1Cc1cccc(Br)c1. The fraction of sp³-hybridized carbons (Fsp3) is 0.259. The Hall–Kier alpha value is -2.92. The summed E-state index contributed by atoms with van der Waals surface area (Å²) in [6.07, 6.45) is 1.07. The summed E-state index contributed by atoms with van der Waals surface area (Å²) in [5.41, 5.74) is 3.37. The maximum atomic E-state index is 13.5. The standard InChI is InChI=1S/C27H27BrN2O2/c28-25-13-7-12-23(16-25)19-30-20-24(17-26(30)31)27(32)29(18-22-10-5-2-6-11-22)15-14-21-8-3-1-4-9-21/h1-13,16,24H,14-15,17-20H2. The van der Waals surface area contributed by atoms with Crippen LogP contribution < -0.4 is 0 Å². The highest BCUT2D eigenvalue weighted by atomic mass is 79.9. The van der Waals surface area contributed by atoms with Crippen LogP contribution in [0.4, 0.5) is 0 Å². The lowest BCUT2D eigenvalue weighted by Gasteiger charge is -2.26. The Morgan fingerprint density at radius 1 is 0.906 bits per heavy atom. The third-order valence-electron chi connectivity index (χ3n) is 5.87. The molecule has 164 valence electrons. The number of halogens is 1. The summed E-state index contributed by atoms with van der Waals surface area (Å²) in [7, 11) is 0. The lowest BCUT2D eigenvalue weighted by molar-refractivity contribution is -0.136. The number of hydrogen-bond donors (Lipinski definition) is 0. The molecule has 1 fully saturated rings. The molecule has 0 aliphatic carbocycles. The number of amides is 2. The van der Waals surface area contributed by atoms with E-state index in [4.69, 9.17) is 0 Å². The van der Waals surface area contributed by atoms with Gasteiger partial charge in [-0.15, -0.1) is 0 Å². The van der Waals surface area contributed by atoms with Crippen LogP contribution in [0.3, 0.4) is 0 Å². The number of hydrogen-bond acceptors (Lipinski definition) is 2. The zero-order valence-electron chi connectivity index (χ0n) is 18.0. The van der Waals surface area contributed by atoms with Crippen LogP contribution in [0.5, 0.6) is 0 Å². The molecular weight excluding hydrogens is 464 g/mol. The van der Waals surface area contributed by atoms with Gasteiger partial charge in [-0.05, 0) is 35.2 Å². The second-order valence-electron chi connectivity index (χ2n) is 8.29. The summed E-state index contributed by atoms with van der Waals surface area (Å²) in [6.45, 7) is 2.20. The van der Waals surface area contributed by atoms with Gasteiger partial charge in [-0.2, -0.15) is 0 Å². The molecule has 4 rings (SSSR count). The van der Waals surface area contributed by atoms with Crippen LogP contribution in [0.25, 0.3) is 0 Å². The van der Waals surface area contributed by atoms with E-state index in [1.54, 1.807) is 0 Å². The third-order valence-corrected chi connectivity index (χ3v) is 6.36. The second-order valence-corrected chi connectivity index (χ2v) is 9.20. The van der Waals surface area contributed by atoms with Crippen LogP contribution in [-0.4, -0.2) is 34.7 Å². The van der Waals surface area contributed by atoms with Crippen molar-refractivity contribution >= 4 is 27.7 Å². The number of benzene rings is 3. The van der Waals surface area contributed by atoms with E-state index >= 15 is 0 Å². The van der Waals surface area contributed by atoms with Crippen LogP contribution in [-0.2, 0) is 29.1 Å². The quantitative estimate of drug-likeness (QED) is 0.442. The average Bonchev–Trinajstić information content (AvgIpc) is 3.17. The van der Waals surface area contributed by atoms with Gasteiger partial charge in [0.1, 0.15) is 0 Å². The monoisotopic (exact) mass is 490 g/mol. The molecule has 0 spiro atoms. The molecule has 32 heavy (non-hydrogen) atoms. The molecule has 3 aromatic rings. The van der Waals surface area contributed by atoms with Gasteiger partial charge in [-0.1, -0.05) is 88.7 Å². The van der Waals surface area contributed by atoms with Crippen molar-refractivity contribution in [1.29, 1.82) is 0 Å². The Morgan fingerprint density at radius 3 is 2.25 bits per heavy atom. The zero-order valence-corrected chi connectivity index (χ0v) is 19.6. The van der Waals surface area contributed by atoms with Crippen molar-refractivity contribution in [3.05, 3.63) is 106 Å². The van der Waals surface area contributed by atoms with Crippen molar-refractivity contribution < 1.29 is 9.59 Å². The van der Waals surface area contributed by atoms with Crippen molar-refractivity contribution in [1.82, 2.24) is 9.80 Å². The Balaban J connectivity index is 1.45. The molecule has 1 unspecified atom stereocenters. The van der Waals surface area contributed by atoms with E-state index < -0.39 is 0 Å². The van der Waals surface area contributed by atoms with Gasteiger partial charge in [-0.25, -0.2) is 0 Å². The second kappa shape index (κ2) is 10.6. The molecule has 1 atom stereocenters. The molecule has 0 bridgehead atoms. The molecule has 1 heterocycles. The molecule has 3 aromatic carbocycles. The minimum absolute atomic E-state index is 0.0473. The maximum absolute atomic E-state index is 13.5. The summed E-state index contributed by atoms with van der Waals surface area (Å²) in [4.78, 5) is 29.9. The summed E-state index contributed by atoms with van der Waals surface area (Å²) < 4.78 is 0.990. The summed E-state index contributed by atoms with van der Waals surface area (Å²) in [6, 6.07) is 28.2. The van der Waals surface area contributed by atoms with Crippen molar-refractivity contribution in [2.24, 2.45) is 5.92 Å². The molecule has 2 amide bonds. The van der Waals surface area contributed by atoms with Gasteiger partial charge in [0.15, 0.2) is 0 Å². The predicted molar refractivity (Wildman–Crippen MR) is 130 cm³/mol. The van der Waals surface area contributed by atoms with E-state index in [1.165, 1.54) is 5.56 Å². The van der Waals surface area contributed by atoms with Crippen LogP contribution in [0.1, 0.15) is 23.1 Å². The van der Waals surface area contributed by atoms with Crippen molar-refractivity contribution in [2.75, 3.05) is 13.1 Å². The summed E-state index contributed by atoms with van der Waals surface area (Å²) >= 11 is 3.48. The van der Waals surface area contributed by atoms with Crippen LogP contribution in [0.2, 0.25) is 0 Å². The van der Waals surface area contributed by atoms with Crippen LogP contribution in [0, 0.1) is 5.92 Å². The van der Waals surface area contributed by atoms with Gasteiger partial charge in [0.05, 0.1) is 5.92 Å². The molecule has 5 heteroatoms. The van der Waals surface area contributed by atoms with Crippen molar-refractivity contribution in [2.45, 2.75) is 25.9 Å². The van der Waals surface area contributed by atoms with E-state index in [-0.39, 0.29) is 24.2 Å². The fourth-order valence-corrected chi connectivity index (χ4v) is 4.63. The predicted octanol–water partition coefficient (Wildman–Crippen LogP) is 5.07. The molecule has 1 aliphatic heterocycles. The smallest absolute Gasteiger partial charge is 0.228 e. The number of likely N-dealkylation sites (tertiary alicyclic amines) is 1. The normalized spacial score (nSPS) is 15.7. The molecule has 0 N–H and O–H groups in total. The van der Waals surface area contributed by atoms with E-state index in [0.29, 0.717) is 26.2 Å². The first-order valence-electron chi connectivity index (χ1n) is 11.0. The minimum atomic E-state index is -0.297. The minimum Gasteiger partial charge on any atom is -0.338 e. The maximum Gasteiger partial charge on any atom is 0.228 e. The Labute approximate surface area is 198 Å². The van der Waals surface area contributed by atoms with Gasteiger partial charge in [0, 0.05) is 37.1 Å². The van der Waals surface area contributed by atoms with E-state index in [0.717, 1.165) is 22.0 Å². The largest absolute Gasteiger partial charge is 0.338 e. The molecule has 0 saturated carbocycles. The highest BCUT2D eigenvalue weighted by Gasteiger charge is 2.36. The van der Waals surface area contributed by atoms with Gasteiger partial charge in [0.2, 0.25) is 11.8 Å². The Morgan fingerprint density at radius 2 is 1.56 bits per heavy atom. The molecule has 0 aromatic heterocycles. The van der Waals surface area contributed by atoms with Crippen LogP contribution >= 0.6 is 15.9 Å². The van der Waals surface area contributed by atoms with Crippen molar-refractivity contribution in [3.63, 3.8) is 0 Å².